The number of hydrogen-bond acceptors (Lipinski definition) is 4. The standard InChI is InChI=1S/C19H21N5O3/c1-13-6-8-21-24(13)11-17(26)22-9-7-19(12-22)14-4-2-3-5-15(14)23(18(19)27)10-16(20)25/h2-6,8H,7,9-12H2,1H3,(H2,20,25). The van der Waals surface area contributed by atoms with E-state index in [9.17, 15) is 14.4 Å². The van der Waals surface area contributed by atoms with Crippen LogP contribution >= 0.6 is 0 Å². The molecule has 1 saturated heterocycles. The van der Waals surface area contributed by atoms with Crippen LogP contribution in [-0.2, 0) is 26.3 Å². The summed E-state index contributed by atoms with van der Waals surface area (Å²) in [6.45, 7) is 2.68. The van der Waals surface area contributed by atoms with Crippen LogP contribution in [0.1, 0.15) is 17.7 Å². The molecule has 0 aliphatic carbocycles. The number of likely N-dealkylation sites (tertiary alicyclic amines) is 1. The number of nitrogens with two attached hydrogens (primary N) is 1. The number of primary amides is 1. The molecule has 2 aliphatic rings. The number of rotatable bonds is 4. The Hall–Kier alpha value is -3.16. The third-order valence-corrected chi connectivity index (χ3v) is 5.51. The fraction of sp³-hybridized carbons (Fsp3) is 0.368. The van der Waals surface area contributed by atoms with Crippen LogP contribution in [0.5, 0.6) is 0 Å². The number of benzene rings is 1. The number of carbonyl (C=O) groups is 3. The molecule has 0 radical (unpaired) electrons. The second kappa shape index (κ2) is 6.22. The van der Waals surface area contributed by atoms with Gasteiger partial charge >= 0.3 is 0 Å². The Kier molecular flexibility index (Phi) is 3.98. The molecule has 1 atom stereocenters. The third kappa shape index (κ3) is 2.68. The first-order chi connectivity index (χ1) is 12.9. The molecular formula is C19H21N5O3. The lowest BCUT2D eigenvalue weighted by atomic mass is 9.81. The van der Waals surface area contributed by atoms with E-state index in [1.165, 1.54) is 4.90 Å². The number of hydrogen-bond donors (Lipinski definition) is 1. The number of aromatic nitrogens is 2. The number of amides is 3. The molecule has 1 aromatic carbocycles. The first-order valence-electron chi connectivity index (χ1n) is 8.88. The van der Waals surface area contributed by atoms with E-state index >= 15 is 0 Å². The lowest BCUT2D eigenvalue weighted by Crippen LogP contribution is -2.46. The largest absolute Gasteiger partial charge is 0.368 e. The van der Waals surface area contributed by atoms with Crippen LogP contribution in [0.4, 0.5) is 5.69 Å². The highest BCUT2D eigenvalue weighted by Crippen LogP contribution is 2.47. The van der Waals surface area contributed by atoms with Crippen molar-refractivity contribution in [2.75, 3.05) is 24.5 Å². The quantitative estimate of drug-likeness (QED) is 0.834. The number of para-hydroxylation sites is 1. The van der Waals surface area contributed by atoms with Gasteiger partial charge in [-0.15, -0.1) is 0 Å². The summed E-state index contributed by atoms with van der Waals surface area (Å²) in [5.41, 5.74) is 7.01. The van der Waals surface area contributed by atoms with Gasteiger partial charge in [0.1, 0.15) is 13.1 Å². The zero-order valence-corrected chi connectivity index (χ0v) is 15.1. The summed E-state index contributed by atoms with van der Waals surface area (Å²) in [6.07, 6.45) is 2.19. The number of carbonyl (C=O) groups excluding carboxylic acids is 3. The molecule has 27 heavy (non-hydrogen) atoms. The van der Waals surface area contributed by atoms with Crippen LogP contribution in [0.15, 0.2) is 36.5 Å². The van der Waals surface area contributed by atoms with Crippen molar-refractivity contribution in [3.05, 3.63) is 47.8 Å². The van der Waals surface area contributed by atoms with Crippen LogP contribution in [0.2, 0.25) is 0 Å². The van der Waals surface area contributed by atoms with Gasteiger partial charge in [0, 0.05) is 30.7 Å². The lowest BCUT2D eigenvalue weighted by molar-refractivity contribution is -0.131. The summed E-state index contributed by atoms with van der Waals surface area (Å²) in [7, 11) is 0. The summed E-state index contributed by atoms with van der Waals surface area (Å²) < 4.78 is 1.65. The molecule has 0 saturated carbocycles. The van der Waals surface area contributed by atoms with Crippen molar-refractivity contribution in [2.24, 2.45) is 5.73 Å². The molecule has 2 aromatic rings. The van der Waals surface area contributed by atoms with E-state index in [-0.39, 0.29) is 24.9 Å². The molecular weight excluding hydrogens is 346 g/mol. The molecule has 0 bridgehead atoms. The first kappa shape index (κ1) is 17.3. The van der Waals surface area contributed by atoms with Gasteiger partial charge in [0.05, 0.1) is 5.41 Å². The monoisotopic (exact) mass is 367 g/mol. The van der Waals surface area contributed by atoms with Crippen molar-refractivity contribution in [1.29, 1.82) is 0 Å². The number of nitrogens with zero attached hydrogens (tertiary/aromatic N) is 4. The van der Waals surface area contributed by atoms with Gasteiger partial charge < -0.3 is 15.5 Å². The zero-order valence-electron chi connectivity index (χ0n) is 15.1. The van der Waals surface area contributed by atoms with E-state index in [1.807, 2.05) is 37.3 Å². The molecule has 3 amide bonds. The number of fused-ring (bicyclic) bond motifs is 2. The topological polar surface area (TPSA) is 102 Å². The van der Waals surface area contributed by atoms with Gasteiger partial charge in [-0.3, -0.25) is 19.1 Å². The van der Waals surface area contributed by atoms with Gasteiger partial charge in [-0.2, -0.15) is 5.10 Å². The fourth-order valence-corrected chi connectivity index (χ4v) is 4.12. The van der Waals surface area contributed by atoms with Crippen LogP contribution in [0.3, 0.4) is 0 Å². The van der Waals surface area contributed by atoms with Gasteiger partial charge in [0.15, 0.2) is 0 Å². The van der Waals surface area contributed by atoms with E-state index in [0.717, 1.165) is 11.3 Å². The van der Waals surface area contributed by atoms with Crippen LogP contribution in [-0.4, -0.2) is 52.0 Å². The van der Waals surface area contributed by atoms with Crippen LogP contribution < -0.4 is 10.6 Å². The number of anilines is 1. The molecule has 140 valence electrons. The molecule has 2 N–H and O–H groups in total. The van der Waals surface area contributed by atoms with E-state index < -0.39 is 11.3 Å². The van der Waals surface area contributed by atoms with Crippen molar-refractivity contribution in [3.8, 4) is 0 Å². The van der Waals surface area contributed by atoms with E-state index in [2.05, 4.69) is 5.10 Å². The molecule has 8 heteroatoms. The highest BCUT2D eigenvalue weighted by Gasteiger charge is 2.55. The molecule has 1 unspecified atom stereocenters. The third-order valence-electron chi connectivity index (χ3n) is 5.51. The fourth-order valence-electron chi connectivity index (χ4n) is 4.12. The average Bonchev–Trinajstić information content (AvgIpc) is 3.31. The second-order valence-corrected chi connectivity index (χ2v) is 7.15. The van der Waals surface area contributed by atoms with Crippen molar-refractivity contribution >= 4 is 23.4 Å². The lowest BCUT2D eigenvalue weighted by Gasteiger charge is -2.24. The van der Waals surface area contributed by atoms with Crippen molar-refractivity contribution in [1.82, 2.24) is 14.7 Å². The van der Waals surface area contributed by atoms with Gasteiger partial charge in [0.25, 0.3) is 0 Å². The van der Waals surface area contributed by atoms with Crippen LogP contribution in [0, 0.1) is 6.92 Å². The van der Waals surface area contributed by atoms with E-state index in [0.29, 0.717) is 25.2 Å². The smallest absolute Gasteiger partial charge is 0.244 e. The maximum absolute atomic E-state index is 13.2. The Morgan fingerprint density at radius 1 is 1.22 bits per heavy atom. The Labute approximate surface area is 156 Å². The predicted molar refractivity (Wildman–Crippen MR) is 97.8 cm³/mol. The summed E-state index contributed by atoms with van der Waals surface area (Å²) in [5, 5.41) is 4.15. The Balaban J connectivity index is 1.60. The normalized spacial score (nSPS) is 21.1. The molecule has 1 spiro atoms. The van der Waals surface area contributed by atoms with Gasteiger partial charge in [-0.05, 0) is 31.0 Å². The van der Waals surface area contributed by atoms with Gasteiger partial charge in [-0.25, -0.2) is 0 Å². The predicted octanol–water partition coefficient (Wildman–Crippen LogP) is 0.194. The van der Waals surface area contributed by atoms with E-state index in [4.69, 9.17) is 5.73 Å². The van der Waals surface area contributed by atoms with Crippen LogP contribution in [0.25, 0.3) is 0 Å². The summed E-state index contributed by atoms with van der Waals surface area (Å²) in [4.78, 5) is 40.6. The highest BCUT2D eigenvalue weighted by atomic mass is 16.2. The van der Waals surface area contributed by atoms with Crippen molar-refractivity contribution < 1.29 is 14.4 Å². The molecule has 3 heterocycles. The second-order valence-electron chi connectivity index (χ2n) is 7.15. The van der Waals surface area contributed by atoms with Gasteiger partial charge in [0.2, 0.25) is 17.7 Å². The summed E-state index contributed by atoms with van der Waals surface area (Å²) in [5.74, 6) is -0.791. The van der Waals surface area contributed by atoms with Crippen molar-refractivity contribution in [3.63, 3.8) is 0 Å². The minimum Gasteiger partial charge on any atom is -0.368 e. The maximum Gasteiger partial charge on any atom is 0.244 e. The van der Waals surface area contributed by atoms with Crippen molar-refractivity contribution in [2.45, 2.75) is 25.3 Å². The summed E-state index contributed by atoms with van der Waals surface area (Å²) in [6, 6.07) is 9.27. The Bertz CT molecular complexity index is 937. The molecule has 1 aromatic heterocycles. The Morgan fingerprint density at radius 3 is 2.70 bits per heavy atom. The average molecular weight is 367 g/mol. The molecule has 8 nitrogen and oxygen atoms in total. The van der Waals surface area contributed by atoms with Gasteiger partial charge in [-0.1, -0.05) is 18.2 Å². The summed E-state index contributed by atoms with van der Waals surface area (Å²) >= 11 is 0. The minimum atomic E-state index is -0.805. The molecule has 1 fully saturated rings. The minimum absolute atomic E-state index is 0.0719. The SMILES string of the molecule is Cc1ccnn1CC(=O)N1CCC2(C1)C(=O)N(CC(N)=O)c1ccccc12. The molecule has 2 aliphatic heterocycles. The first-order valence-corrected chi connectivity index (χ1v) is 8.88. The maximum atomic E-state index is 13.2. The Morgan fingerprint density at radius 2 is 2.00 bits per heavy atom. The van der Waals surface area contributed by atoms with E-state index in [1.54, 1.807) is 15.8 Å². The zero-order chi connectivity index (χ0) is 19.2. The highest BCUT2D eigenvalue weighted by molar-refractivity contribution is 6.11. The molecule has 4 rings (SSSR count). The number of aryl methyl sites for hydroxylation is 1.